The number of ether oxygens (including phenoxy) is 1. The topological polar surface area (TPSA) is 50.4 Å². The zero-order chi connectivity index (χ0) is 16.0. The SMILES string of the molecule is O=C(N[C@H](c1cc(F)ccc1F)C1CC1)N[C@@H]1C[C@H]2CC[C@H]1O2. The Morgan fingerprint density at radius 1 is 1.22 bits per heavy atom. The maximum absolute atomic E-state index is 14.0. The third kappa shape index (κ3) is 3.04. The molecule has 3 aliphatic rings. The summed E-state index contributed by atoms with van der Waals surface area (Å²) in [5, 5.41) is 5.77. The lowest BCUT2D eigenvalue weighted by atomic mass is 9.95. The van der Waals surface area contributed by atoms with Gasteiger partial charge in [-0.3, -0.25) is 0 Å². The van der Waals surface area contributed by atoms with Gasteiger partial charge in [0.05, 0.1) is 24.3 Å². The highest BCUT2D eigenvalue weighted by atomic mass is 19.1. The first-order chi connectivity index (χ1) is 11.1. The molecule has 2 bridgehead atoms. The zero-order valence-electron chi connectivity index (χ0n) is 12.7. The van der Waals surface area contributed by atoms with Gasteiger partial charge in [0.25, 0.3) is 0 Å². The Bertz CT molecular complexity index is 621. The molecule has 1 aromatic carbocycles. The number of carbonyl (C=O) groups excluding carboxylic acids is 1. The van der Waals surface area contributed by atoms with E-state index in [1.807, 2.05) is 0 Å². The molecule has 4 rings (SSSR count). The number of hydrogen-bond donors (Lipinski definition) is 2. The minimum absolute atomic E-state index is 0.0194. The molecule has 2 N–H and O–H groups in total. The smallest absolute Gasteiger partial charge is 0.315 e. The number of nitrogens with one attached hydrogen (secondary N) is 2. The molecule has 6 heteroatoms. The van der Waals surface area contributed by atoms with Gasteiger partial charge in [-0.1, -0.05) is 0 Å². The first-order valence-corrected chi connectivity index (χ1v) is 8.27. The Hall–Kier alpha value is -1.69. The summed E-state index contributed by atoms with van der Waals surface area (Å²) in [5.41, 5.74) is 0.229. The van der Waals surface area contributed by atoms with Crippen LogP contribution in [0.2, 0.25) is 0 Å². The predicted molar refractivity (Wildman–Crippen MR) is 79.8 cm³/mol. The molecule has 4 nitrogen and oxygen atoms in total. The van der Waals surface area contributed by atoms with Crippen molar-refractivity contribution in [3.8, 4) is 0 Å². The Labute approximate surface area is 133 Å². The average molecular weight is 322 g/mol. The van der Waals surface area contributed by atoms with Crippen LogP contribution in [0.15, 0.2) is 18.2 Å². The molecule has 0 radical (unpaired) electrons. The molecule has 1 aliphatic carbocycles. The normalized spacial score (nSPS) is 30.3. The first-order valence-electron chi connectivity index (χ1n) is 8.27. The highest BCUT2D eigenvalue weighted by Gasteiger charge is 2.42. The number of rotatable bonds is 4. The van der Waals surface area contributed by atoms with Crippen LogP contribution >= 0.6 is 0 Å². The molecule has 1 saturated carbocycles. The van der Waals surface area contributed by atoms with Gasteiger partial charge < -0.3 is 15.4 Å². The molecule has 0 spiro atoms. The number of carbonyl (C=O) groups is 1. The molecular formula is C17H20F2N2O2. The summed E-state index contributed by atoms with van der Waals surface area (Å²) in [4.78, 5) is 12.3. The lowest BCUT2D eigenvalue weighted by Crippen LogP contribution is -2.47. The number of halogens is 2. The van der Waals surface area contributed by atoms with Gasteiger partial charge >= 0.3 is 6.03 Å². The molecule has 4 atom stereocenters. The third-order valence-electron chi connectivity index (χ3n) is 5.10. The van der Waals surface area contributed by atoms with Crippen LogP contribution in [0.1, 0.15) is 43.7 Å². The quantitative estimate of drug-likeness (QED) is 0.895. The van der Waals surface area contributed by atoms with Crippen LogP contribution in [0.5, 0.6) is 0 Å². The van der Waals surface area contributed by atoms with Gasteiger partial charge in [0.2, 0.25) is 0 Å². The Morgan fingerprint density at radius 3 is 2.70 bits per heavy atom. The van der Waals surface area contributed by atoms with E-state index in [-0.39, 0.29) is 35.8 Å². The summed E-state index contributed by atoms with van der Waals surface area (Å²) in [6.07, 6.45) is 5.04. The van der Waals surface area contributed by atoms with E-state index in [4.69, 9.17) is 4.74 Å². The molecule has 124 valence electrons. The van der Waals surface area contributed by atoms with E-state index >= 15 is 0 Å². The lowest BCUT2D eigenvalue weighted by molar-refractivity contribution is 0.0980. The van der Waals surface area contributed by atoms with Gasteiger partial charge in [0, 0.05) is 5.56 Å². The second kappa shape index (κ2) is 5.74. The van der Waals surface area contributed by atoms with Crippen molar-refractivity contribution in [2.75, 3.05) is 0 Å². The number of amides is 2. The number of urea groups is 1. The second-order valence-electron chi connectivity index (χ2n) is 6.81. The molecular weight excluding hydrogens is 302 g/mol. The van der Waals surface area contributed by atoms with Gasteiger partial charge in [0.15, 0.2) is 0 Å². The van der Waals surface area contributed by atoms with Crippen LogP contribution < -0.4 is 10.6 Å². The van der Waals surface area contributed by atoms with E-state index < -0.39 is 17.7 Å². The van der Waals surface area contributed by atoms with E-state index in [0.29, 0.717) is 0 Å². The van der Waals surface area contributed by atoms with Crippen LogP contribution in [-0.4, -0.2) is 24.3 Å². The Morgan fingerprint density at radius 2 is 2.04 bits per heavy atom. The first kappa shape index (κ1) is 14.9. The number of benzene rings is 1. The summed E-state index contributed by atoms with van der Waals surface area (Å²) in [7, 11) is 0. The molecule has 2 amide bonds. The molecule has 2 aliphatic heterocycles. The van der Waals surface area contributed by atoms with Gasteiger partial charge in [-0.15, -0.1) is 0 Å². The van der Waals surface area contributed by atoms with Gasteiger partial charge in [-0.05, 0) is 56.2 Å². The molecule has 0 unspecified atom stereocenters. The molecule has 3 fully saturated rings. The van der Waals surface area contributed by atoms with Gasteiger partial charge in [-0.25, -0.2) is 13.6 Å². The summed E-state index contributed by atoms with van der Waals surface area (Å²) < 4.78 is 33.2. The largest absolute Gasteiger partial charge is 0.373 e. The maximum atomic E-state index is 14.0. The van der Waals surface area contributed by atoms with Crippen LogP contribution in [0.25, 0.3) is 0 Å². The molecule has 2 heterocycles. The Balaban J connectivity index is 1.44. The van der Waals surface area contributed by atoms with E-state index in [0.717, 1.165) is 44.2 Å². The van der Waals surface area contributed by atoms with Crippen molar-refractivity contribution >= 4 is 6.03 Å². The van der Waals surface area contributed by atoms with Crippen LogP contribution in [0, 0.1) is 17.6 Å². The fraction of sp³-hybridized carbons (Fsp3) is 0.588. The van der Waals surface area contributed by atoms with Crippen molar-refractivity contribution in [2.24, 2.45) is 5.92 Å². The fourth-order valence-corrected chi connectivity index (χ4v) is 3.77. The van der Waals surface area contributed by atoms with Crippen molar-refractivity contribution < 1.29 is 18.3 Å². The molecule has 1 aromatic rings. The monoisotopic (exact) mass is 322 g/mol. The number of hydrogen-bond acceptors (Lipinski definition) is 2. The van der Waals surface area contributed by atoms with Crippen molar-refractivity contribution in [3.63, 3.8) is 0 Å². The van der Waals surface area contributed by atoms with E-state index in [1.165, 1.54) is 6.07 Å². The van der Waals surface area contributed by atoms with Crippen molar-refractivity contribution in [3.05, 3.63) is 35.4 Å². The van der Waals surface area contributed by atoms with E-state index in [9.17, 15) is 13.6 Å². The summed E-state index contributed by atoms with van der Waals surface area (Å²) in [6.45, 7) is 0. The zero-order valence-corrected chi connectivity index (χ0v) is 12.7. The summed E-state index contributed by atoms with van der Waals surface area (Å²) in [5.74, 6) is -0.795. The van der Waals surface area contributed by atoms with Crippen molar-refractivity contribution in [2.45, 2.75) is 56.4 Å². The predicted octanol–water partition coefficient (Wildman–Crippen LogP) is 3.04. The minimum atomic E-state index is -0.490. The van der Waals surface area contributed by atoms with Crippen LogP contribution in [0.4, 0.5) is 13.6 Å². The molecule has 23 heavy (non-hydrogen) atoms. The summed E-state index contributed by atoms with van der Waals surface area (Å²) in [6, 6.07) is 2.60. The summed E-state index contributed by atoms with van der Waals surface area (Å²) >= 11 is 0. The average Bonchev–Trinajstić information content (AvgIpc) is 3.16. The molecule has 2 saturated heterocycles. The van der Waals surface area contributed by atoms with Crippen LogP contribution in [0.3, 0.4) is 0 Å². The minimum Gasteiger partial charge on any atom is -0.373 e. The highest BCUT2D eigenvalue weighted by Crippen LogP contribution is 2.42. The second-order valence-corrected chi connectivity index (χ2v) is 6.81. The van der Waals surface area contributed by atoms with Crippen molar-refractivity contribution in [1.29, 1.82) is 0 Å². The standard InChI is InChI=1S/C17H20F2N2O2/c18-10-3-5-13(19)12(7-10)16(9-1-2-9)21-17(22)20-14-8-11-4-6-15(14)23-11/h3,5,7,9,11,14-16H,1-2,4,6,8H2,(H2,20,21,22)/t11-,14-,15-,16+/m1/s1. The van der Waals surface area contributed by atoms with E-state index in [2.05, 4.69) is 10.6 Å². The van der Waals surface area contributed by atoms with E-state index in [1.54, 1.807) is 0 Å². The lowest BCUT2D eigenvalue weighted by Gasteiger charge is -2.24. The van der Waals surface area contributed by atoms with Crippen LogP contribution in [-0.2, 0) is 4.74 Å². The number of fused-ring (bicyclic) bond motifs is 2. The molecule has 0 aromatic heterocycles. The fourth-order valence-electron chi connectivity index (χ4n) is 3.77. The third-order valence-corrected chi connectivity index (χ3v) is 5.10. The van der Waals surface area contributed by atoms with Gasteiger partial charge in [0.1, 0.15) is 11.6 Å². The van der Waals surface area contributed by atoms with Crippen molar-refractivity contribution in [1.82, 2.24) is 10.6 Å². The van der Waals surface area contributed by atoms with Gasteiger partial charge in [-0.2, -0.15) is 0 Å². The highest BCUT2D eigenvalue weighted by molar-refractivity contribution is 5.75. The maximum Gasteiger partial charge on any atom is 0.315 e. The Kier molecular flexibility index (Phi) is 3.71.